The van der Waals surface area contributed by atoms with Crippen LogP contribution in [0.4, 0.5) is 18.9 Å². The van der Waals surface area contributed by atoms with Gasteiger partial charge in [0.25, 0.3) is 17.8 Å². The fraction of sp³-hybridized carbons (Fsp3) is 0.333. The van der Waals surface area contributed by atoms with Crippen molar-refractivity contribution in [1.29, 1.82) is 0 Å². The van der Waals surface area contributed by atoms with Gasteiger partial charge in [0, 0.05) is 12.1 Å². The number of aliphatic imine (C=N–C) groups is 1. The first-order valence-corrected chi connectivity index (χ1v) is 13.4. The predicted molar refractivity (Wildman–Crippen MR) is 146 cm³/mol. The zero-order valence-electron chi connectivity index (χ0n) is 21.8. The number of anilines is 1. The molecule has 1 saturated heterocycles. The van der Waals surface area contributed by atoms with Crippen LogP contribution in [0, 0.1) is 18.2 Å². The van der Waals surface area contributed by atoms with Gasteiger partial charge in [-0.2, -0.15) is 18.6 Å². The van der Waals surface area contributed by atoms with Crippen molar-refractivity contribution in [3.63, 3.8) is 0 Å². The van der Waals surface area contributed by atoms with Crippen molar-refractivity contribution >= 4 is 35.0 Å². The monoisotopic (exact) mass is 582 g/mol. The van der Waals surface area contributed by atoms with Crippen molar-refractivity contribution in [2.45, 2.75) is 36.8 Å². The molecule has 0 bridgehead atoms. The third-order valence-corrected chi connectivity index (χ3v) is 7.98. The minimum Gasteiger partial charge on any atom is -0.379 e. The van der Waals surface area contributed by atoms with Gasteiger partial charge in [0.15, 0.2) is 4.87 Å². The van der Waals surface area contributed by atoms with E-state index in [1.807, 2.05) is 12.1 Å². The van der Waals surface area contributed by atoms with E-state index in [0.717, 1.165) is 6.92 Å². The normalized spacial score (nSPS) is 27.2. The summed E-state index contributed by atoms with van der Waals surface area (Å²) in [5.74, 6) is -2.16. The molecule has 41 heavy (non-hydrogen) atoms. The highest BCUT2D eigenvalue weighted by Gasteiger charge is 2.59. The van der Waals surface area contributed by atoms with Crippen molar-refractivity contribution < 1.29 is 27.4 Å². The van der Waals surface area contributed by atoms with Crippen LogP contribution in [0.15, 0.2) is 63.3 Å². The van der Waals surface area contributed by atoms with Crippen molar-refractivity contribution in [1.82, 2.24) is 15.6 Å². The van der Waals surface area contributed by atoms with E-state index < -0.39 is 28.8 Å². The van der Waals surface area contributed by atoms with Crippen molar-refractivity contribution in [2.75, 3.05) is 25.2 Å². The molecule has 0 saturated carbocycles. The largest absolute Gasteiger partial charge is 0.519 e. The Balaban J connectivity index is 1.29. The molecular weight excluding hydrogens is 559 g/mol. The lowest BCUT2D eigenvalue weighted by molar-refractivity contribution is -0.159. The number of carbonyl (C=O) groups is 1. The molecule has 3 atom stereocenters. The number of benzene rings is 1. The summed E-state index contributed by atoms with van der Waals surface area (Å²) in [6.45, 7) is 3.50. The Kier molecular flexibility index (Phi) is 6.47. The Bertz CT molecular complexity index is 1550. The van der Waals surface area contributed by atoms with E-state index in [9.17, 15) is 18.0 Å². The van der Waals surface area contributed by atoms with Crippen molar-refractivity contribution in [3.05, 3.63) is 81.3 Å². The first-order valence-electron chi connectivity index (χ1n) is 12.5. The van der Waals surface area contributed by atoms with E-state index in [1.165, 1.54) is 6.92 Å². The molecule has 4 aliphatic rings. The summed E-state index contributed by atoms with van der Waals surface area (Å²) in [5.41, 5.74) is 5.13. The Morgan fingerprint density at radius 1 is 1.24 bits per heavy atom. The van der Waals surface area contributed by atoms with E-state index in [1.54, 1.807) is 35.2 Å². The average molecular weight is 583 g/mol. The molecule has 14 heteroatoms. The molecule has 0 spiro atoms. The summed E-state index contributed by atoms with van der Waals surface area (Å²) >= 11 is 0.621. The van der Waals surface area contributed by atoms with Gasteiger partial charge < -0.3 is 25.0 Å². The number of para-hydroxylation sites is 1. The van der Waals surface area contributed by atoms with Gasteiger partial charge in [0.2, 0.25) is 0 Å². The second-order valence-electron chi connectivity index (χ2n) is 9.72. The number of hydrazone groups is 1. The predicted octanol–water partition coefficient (Wildman–Crippen LogP) is 3.46. The average Bonchev–Trinajstić information content (AvgIpc) is 3.67. The molecule has 2 aromatic rings. The Morgan fingerprint density at radius 2 is 2.07 bits per heavy atom. The van der Waals surface area contributed by atoms with E-state index in [4.69, 9.17) is 9.47 Å². The smallest absolute Gasteiger partial charge is 0.379 e. The molecule has 3 N–H and O–H groups in total. The first-order chi connectivity index (χ1) is 19.6. The highest BCUT2D eigenvalue weighted by Crippen LogP contribution is 2.50. The number of amides is 1. The quantitative estimate of drug-likeness (QED) is 0.510. The van der Waals surface area contributed by atoms with E-state index in [-0.39, 0.29) is 18.3 Å². The molecule has 2 aromatic carbocycles. The van der Waals surface area contributed by atoms with Crippen LogP contribution >= 0.6 is 11.8 Å². The van der Waals surface area contributed by atoms with Crippen LogP contribution in [0.1, 0.15) is 25.0 Å². The minimum absolute atomic E-state index is 0.0607. The van der Waals surface area contributed by atoms with Crippen LogP contribution in [-0.2, 0) is 14.3 Å². The van der Waals surface area contributed by atoms with Gasteiger partial charge in [-0.05, 0) is 30.0 Å². The summed E-state index contributed by atoms with van der Waals surface area (Å²) < 4.78 is 53.0. The molecule has 0 radical (unpaired) electrons. The number of benzodiazepines with no additional fused rings is 1. The lowest BCUT2D eigenvalue weighted by Crippen LogP contribution is -2.49. The van der Waals surface area contributed by atoms with E-state index in [0.29, 0.717) is 52.5 Å². The van der Waals surface area contributed by atoms with Gasteiger partial charge in [-0.1, -0.05) is 48.2 Å². The summed E-state index contributed by atoms with van der Waals surface area (Å²) in [7, 11) is 0. The number of ether oxygens (including phenoxy) is 2. The number of nitrogens with zero attached hydrogens (tertiary/aromatic N) is 4. The Labute approximate surface area is 237 Å². The van der Waals surface area contributed by atoms with E-state index in [2.05, 4.69) is 49.2 Å². The first kappa shape index (κ1) is 26.8. The van der Waals surface area contributed by atoms with Crippen LogP contribution in [-0.4, -0.2) is 65.2 Å². The maximum Gasteiger partial charge on any atom is 0.519 e. The number of fused-ring (bicyclic) bond motifs is 1. The summed E-state index contributed by atoms with van der Waals surface area (Å²) in [4.78, 5) is 21.4. The number of halogens is 3. The fourth-order valence-corrected chi connectivity index (χ4v) is 5.58. The minimum atomic E-state index is -4.57. The highest BCUT2D eigenvalue weighted by atomic mass is 32.2. The maximum atomic E-state index is 13.9. The number of hydrogen-bond donors (Lipinski definition) is 3. The zero-order valence-corrected chi connectivity index (χ0v) is 22.6. The molecule has 210 valence electrons. The molecule has 0 aliphatic carbocycles. The van der Waals surface area contributed by atoms with Gasteiger partial charge in [0.1, 0.15) is 17.5 Å². The number of carbonyl (C=O) groups excluding carboxylic acids is 1. The standard InChI is InChI=1S/C27H22F3N7O3S/c1-25(27(28,29)30)34-21(24(41-25)37-12-13-39-15-37)23-35-36-26(2,40-23)31-14-19-22(38)33-18-11-7-6-10-17(18)20(32-19)16-8-4-3-5-9-16/h3-4,6-8,10-11,19,34,36H,12-13,15H2,1-2H3/p+1. The summed E-state index contributed by atoms with van der Waals surface area (Å²) in [5, 5.41) is 9.81. The molecule has 1 fully saturated rings. The van der Waals surface area contributed by atoms with Crippen LogP contribution in [0.25, 0.3) is 4.85 Å². The molecular formula is C27H23F3N7O3S+. The summed E-state index contributed by atoms with van der Waals surface area (Å²) in [6, 6.07) is 20.0. The number of nitrogens with one attached hydrogen (secondary N) is 3. The Hall–Kier alpha value is -4.40. The summed E-state index contributed by atoms with van der Waals surface area (Å²) in [6.07, 6.45) is -4.57. The van der Waals surface area contributed by atoms with Gasteiger partial charge in [-0.15, -0.1) is 5.10 Å². The SMILES string of the molecule is CC1([N+]#CC2N=C(c3c#cccc3)c3ccccc3NC2=O)NN=C(C2=C(N3CCOC3)SC(C)(C(F)(F)F)N2)O1. The van der Waals surface area contributed by atoms with Crippen LogP contribution < -0.4 is 16.1 Å². The number of rotatable bonds is 3. The molecule has 6 rings (SSSR count). The van der Waals surface area contributed by atoms with Gasteiger partial charge in [0.05, 0.1) is 30.5 Å². The van der Waals surface area contributed by atoms with Gasteiger partial charge >= 0.3 is 18.1 Å². The lowest BCUT2D eigenvalue weighted by atomic mass is 10.0. The van der Waals surface area contributed by atoms with Crippen LogP contribution in [0.2, 0.25) is 0 Å². The number of thioether (sulfide) groups is 1. The van der Waals surface area contributed by atoms with E-state index >= 15 is 0 Å². The Morgan fingerprint density at radius 3 is 2.80 bits per heavy atom. The highest BCUT2D eigenvalue weighted by molar-refractivity contribution is 8.04. The molecule has 10 nitrogen and oxygen atoms in total. The van der Waals surface area contributed by atoms with Crippen LogP contribution in [0.3, 0.4) is 0 Å². The third kappa shape index (κ3) is 5.01. The lowest BCUT2D eigenvalue weighted by Gasteiger charge is -2.28. The van der Waals surface area contributed by atoms with Crippen LogP contribution in [0.5, 0.6) is 0 Å². The number of hydrogen-bond acceptors (Lipinski definition) is 9. The molecule has 1 amide bonds. The molecule has 0 aromatic heterocycles. The van der Waals surface area contributed by atoms with Crippen molar-refractivity contribution in [2.24, 2.45) is 10.1 Å². The second-order valence-corrected chi connectivity index (χ2v) is 11.1. The maximum absolute atomic E-state index is 13.9. The third-order valence-electron chi connectivity index (χ3n) is 6.58. The zero-order chi connectivity index (χ0) is 28.8. The second kappa shape index (κ2) is 9.90. The molecule has 4 heterocycles. The number of alkyl halides is 3. The fourth-order valence-electron chi connectivity index (χ4n) is 4.41. The molecule has 3 unspecified atom stereocenters. The van der Waals surface area contributed by atoms with Gasteiger partial charge in [-0.3, -0.25) is 9.79 Å². The topological polar surface area (TPSA) is 104 Å². The van der Waals surface area contributed by atoms with Crippen molar-refractivity contribution in [3.8, 4) is 6.07 Å². The van der Waals surface area contributed by atoms with Gasteiger partial charge in [-0.25, -0.2) is 0 Å². The molecule has 4 aliphatic heterocycles.